The molecule has 14 heavy (non-hydrogen) atoms. The molecule has 1 atom stereocenters. The topological polar surface area (TPSA) is 32.3 Å². The maximum absolute atomic E-state index is 11.4. The van der Waals surface area contributed by atoms with E-state index in [-0.39, 0.29) is 5.91 Å². The number of carbonyl (C=O) groups excluding carboxylic acids is 1. The Balaban J connectivity index is 2.42. The summed E-state index contributed by atoms with van der Waals surface area (Å²) in [5, 5.41) is 3.41. The van der Waals surface area contributed by atoms with Gasteiger partial charge in [-0.05, 0) is 19.3 Å². The van der Waals surface area contributed by atoms with Crippen LogP contribution < -0.4 is 5.32 Å². The van der Waals surface area contributed by atoms with Crippen LogP contribution in [0.2, 0.25) is 0 Å². The molecule has 1 amide bonds. The molecule has 1 rings (SSSR count). The SMILES string of the molecule is CC(=O)N1CCCC[C@H]1CNC(C)C. The number of piperidine rings is 1. The molecule has 1 heterocycles. The third-order valence-electron chi connectivity index (χ3n) is 2.79. The van der Waals surface area contributed by atoms with Crippen LogP contribution in [0.1, 0.15) is 40.0 Å². The highest BCUT2D eigenvalue weighted by molar-refractivity contribution is 5.73. The van der Waals surface area contributed by atoms with Gasteiger partial charge in [0, 0.05) is 32.1 Å². The molecule has 1 fully saturated rings. The standard InChI is InChI=1S/C11H22N2O/c1-9(2)12-8-11-6-4-5-7-13(11)10(3)14/h9,11-12H,4-8H2,1-3H3/t11-/m0/s1. The van der Waals surface area contributed by atoms with E-state index in [0.29, 0.717) is 12.1 Å². The Labute approximate surface area is 86.9 Å². The summed E-state index contributed by atoms with van der Waals surface area (Å²) in [7, 11) is 0. The van der Waals surface area contributed by atoms with Gasteiger partial charge in [0.2, 0.25) is 5.91 Å². The lowest BCUT2D eigenvalue weighted by molar-refractivity contribution is -0.132. The molecule has 0 aliphatic carbocycles. The summed E-state index contributed by atoms with van der Waals surface area (Å²) >= 11 is 0. The summed E-state index contributed by atoms with van der Waals surface area (Å²) in [5.41, 5.74) is 0. The molecule has 1 saturated heterocycles. The molecule has 3 nitrogen and oxygen atoms in total. The molecule has 0 aromatic carbocycles. The molecule has 0 spiro atoms. The zero-order valence-electron chi connectivity index (χ0n) is 9.55. The number of amides is 1. The Kier molecular flexibility index (Phi) is 4.39. The van der Waals surface area contributed by atoms with Crippen LogP contribution in [0, 0.1) is 0 Å². The lowest BCUT2D eigenvalue weighted by atomic mass is 10.0. The Bertz CT molecular complexity index is 192. The fraction of sp³-hybridized carbons (Fsp3) is 0.909. The third-order valence-corrected chi connectivity index (χ3v) is 2.79. The van der Waals surface area contributed by atoms with E-state index >= 15 is 0 Å². The molecular formula is C11H22N2O. The second kappa shape index (κ2) is 5.35. The normalized spacial score (nSPS) is 22.9. The Morgan fingerprint density at radius 3 is 2.79 bits per heavy atom. The first-order valence-corrected chi connectivity index (χ1v) is 5.62. The monoisotopic (exact) mass is 198 g/mol. The minimum absolute atomic E-state index is 0.222. The van der Waals surface area contributed by atoms with Gasteiger partial charge in [0.1, 0.15) is 0 Å². The second-order valence-electron chi connectivity index (χ2n) is 4.42. The molecule has 0 saturated carbocycles. The lowest BCUT2D eigenvalue weighted by Gasteiger charge is -2.35. The summed E-state index contributed by atoms with van der Waals surface area (Å²) in [4.78, 5) is 13.4. The fourth-order valence-corrected chi connectivity index (χ4v) is 2.00. The minimum Gasteiger partial charge on any atom is -0.339 e. The summed E-state index contributed by atoms with van der Waals surface area (Å²) in [6, 6.07) is 0.925. The molecule has 0 aromatic rings. The first kappa shape index (κ1) is 11.5. The molecule has 0 bridgehead atoms. The van der Waals surface area contributed by atoms with E-state index in [1.165, 1.54) is 6.42 Å². The average molecular weight is 198 g/mol. The van der Waals surface area contributed by atoms with Crippen molar-refractivity contribution >= 4 is 5.91 Å². The Hall–Kier alpha value is -0.570. The van der Waals surface area contributed by atoms with Crippen LogP contribution >= 0.6 is 0 Å². The van der Waals surface area contributed by atoms with Gasteiger partial charge in [-0.15, -0.1) is 0 Å². The van der Waals surface area contributed by atoms with Crippen LogP contribution in [0.25, 0.3) is 0 Å². The van der Waals surface area contributed by atoms with Crippen molar-refractivity contribution < 1.29 is 4.79 Å². The van der Waals surface area contributed by atoms with Gasteiger partial charge >= 0.3 is 0 Å². The van der Waals surface area contributed by atoms with Crippen LogP contribution in [0.4, 0.5) is 0 Å². The van der Waals surface area contributed by atoms with E-state index in [9.17, 15) is 4.79 Å². The zero-order valence-corrected chi connectivity index (χ0v) is 9.55. The van der Waals surface area contributed by atoms with Crippen molar-refractivity contribution in [1.29, 1.82) is 0 Å². The van der Waals surface area contributed by atoms with E-state index in [1.807, 2.05) is 4.90 Å². The highest BCUT2D eigenvalue weighted by Gasteiger charge is 2.23. The van der Waals surface area contributed by atoms with Crippen molar-refractivity contribution in [2.24, 2.45) is 0 Å². The molecule has 1 aliphatic rings. The molecule has 82 valence electrons. The van der Waals surface area contributed by atoms with E-state index in [1.54, 1.807) is 6.92 Å². The maximum Gasteiger partial charge on any atom is 0.219 e. The number of likely N-dealkylation sites (tertiary alicyclic amines) is 1. The average Bonchev–Trinajstić information content (AvgIpc) is 2.15. The van der Waals surface area contributed by atoms with Gasteiger partial charge in [-0.3, -0.25) is 4.79 Å². The van der Waals surface area contributed by atoms with Gasteiger partial charge in [-0.1, -0.05) is 13.8 Å². The predicted octanol–water partition coefficient (Wildman–Crippen LogP) is 1.39. The van der Waals surface area contributed by atoms with E-state index in [0.717, 1.165) is 25.9 Å². The van der Waals surface area contributed by atoms with Crippen molar-refractivity contribution in [3.63, 3.8) is 0 Å². The predicted molar refractivity (Wildman–Crippen MR) is 58.2 cm³/mol. The van der Waals surface area contributed by atoms with Gasteiger partial charge in [-0.2, -0.15) is 0 Å². The van der Waals surface area contributed by atoms with Crippen molar-refractivity contribution in [3.8, 4) is 0 Å². The van der Waals surface area contributed by atoms with Crippen LogP contribution in [0.15, 0.2) is 0 Å². The Morgan fingerprint density at radius 2 is 2.21 bits per heavy atom. The van der Waals surface area contributed by atoms with Crippen molar-refractivity contribution in [1.82, 2.24) is 10.2 Å². The molecule has 1 N–H and O–H groups in total. The van der Waals surface area contributed by atoms with Gasteiger partial charge in [0.25, 0.3) is 0 Å². The summed E-state index contributed by atoms with van der Waals surface area (Å²) < 4.78 is 0. The quantitative estimate of drug-likeness (QED) is 0.743. The van der Waals surface area contributed by atoms with Gasteiger partial charge in [-0.25, -0.2) is 0 Å². The molecule has 0 radical (unpaired) electrons. The maximum atomic E-state index is 11.4. The number of hydrogen-bond donors (Lipinski definition) is 1. The van der Waals surface area contributed by atoms with Crippen LogP contribution in [0.3, 0.4) is 0 Å². The van der Waals surface area contributed by atoms with Crippen LogP contribution in [-0.2, 0) is 4.79 Å². The van der Waals surface area contributed by atoms with Crippen molar-refractivity contribution in [2.75, 3.05) is 13.1 Å². The van der Waals surface area contributed by atoms with E-state index in [2.05, 4.69) is 19.2 Å². The summed E-state index contributed by atoms with van der Waals surface area (Å²) in [6.07, 6.45) is 3.57. The number of carbonyl (C=O) groups is 1. The number of nitrogens with zero attached hydrogens (tertiary/aromatic N) is 1. The van der Waals surface area contributed by atoms with E-state index in [4.69, 9.17) is 0 Å². The number of rotatable bonds is 3. The highest BCUT2D eigenvalue weighted by atomic mass is 16.2. The first-order valence-electron chi connectivity index (χ1n) is 5.62. The molecule has 0 aromatic heterocycles. The molecular weight excluding hydrogens is 176 g/mol. The zero-order chi connectivity index (χ0) is 10.6. The molecule has 3 heteroatoms. The van der Waals surface area contributed by atoms with Gasteiger partial charge in [0.05, 0.1) is 0 Å². The van der Waals surface area contributed by atoms with Gasteiger partial charge < -0.3 is 10.2 Å². The molecule has 1 aliphatic heterocycles. The Morgan fingerprint density at radius 1 is 1.50 bits per heavy atom. The van der Waals surface area contributed by atoms with Crippen molar-refractivity contribution in [2.45, 2.75) is 52.1 Å². The minimum atomic E-state index is 0.222. The number of hydrogen-bond acceptors (Lipinski definition) is 2. The first-order chi connectivity index (χ1) is 6.61. The molecule has 0 unspecified atom stereocenters. The van der Waals surface area contributed by atoms with Gasteiger partial charge in [0.15, 0.2) is 0 Å². The smallest absolute Gasteiger partial charge is 0.219 e. The highest BCUT2D eigenvalue weighted by Crippen LogP contribution is 2.16. The van der Waals surface area contributed by atoms with Crippen LogP contribution in [0.5, 0.6) is 0 Å². The fourth-order valence-electron chi connectivity index (χ4n) is 2.00. The second-order valence-corrected chi connectivity index (χ2v) is 4.42. The largest absolute Gasteiger partial charge is 0.339 e. The number of nitrogens with one attached hydrogen (secondary N) is 1. The lowest BCUT2D eigenvalue weighted by Crippen LogP contribution is -2.48. The van der Waals surface area contributed by atoms with Crippen molar-refractivity contribution in [3.05, 3.63) is 0 Å². The summed E-state index contributed by atoms with van der Waals surface area (Å²) in [5.74, 6) is 0.222. The summed E-state index contributed by atoms with van der Waals surface area (Å²) in [6.45, 7) is 7.84. The van der Waals surface area contributed by atoms with Crippen LogP contribution in [-0.4, -0.2) is 36.0 Å². The third kappa shape index (κ3) is 3.29. The van der Waals surface area contributed by atoms with E-state index < -0.39 is 0 Å².